The van der Waals surface area contributed by atoms with Crippen molar-refractivity contribution in [2.45, 2.75) is 39.2 Å². The quantitative estimate of drug-likeness (QED) is 0.607. The molecule has 0 saturated carbocycles. The molecule has 0 fully saturated rings. The summed E-state index contributed by atoms with van der Waals surface area (Å²) in [5.41, 5.74) is 1.30. The molecule has 0 aliphatic rings. The fourth-order valence-electron chi connectivity index (χ4n) is 2.66. The van der Waals surface area contributed by atoms with Gasteiger partial charge < -0.3 is 19.5 Å². The molecule has 1 amide bonds. The van der Waals surface area contributed by atoms with Crippen LogP contribution in [0.3, 0.4) is 0 Å². The van der Waals surface area contributed by atoms with Gasteiger partial charge in [0.1, 0.15) is 23.9 Å². The molecule has 5 nitrogen and oxygen atoms in total. The number of carbonyl (C=O) groups excluding carboxylic acids is 1. The molecule has 0 saturated heterocycles. The summed E-state index contributed by atoms with van der Waals surface area (Å²) in [5, 5.41) is 2.86. The minimum Gasteiger partial charge on any atom is -0.497 e. The number of carbonyl (C=O) groups is 1. The first-order valence-corrected chi connectivity index (χ1v) is 9.46. The van der Waals surface area contributed by atoms with E-state index in [9.17, 15) is 4.79 Å². The second-order valence-electron chi connectivity index (χ2n) is 6.23. The Morgan fingerprint density at radius 1 is 1.04 bits per heavy atom. The van der Waals surface area contributed by atoms with Crippen molar-refractivity contribution in [3.05, 3.63) is 54.1 Å². The maximum Gasteiger partial charge on any atom is 0.261 e. The van der Waals surface area contributed by atoms with Gasteiger partial charge in [-0.3, -0.25) is 4.79 Å². The average Bonchev–Trinajstić information content (AvgIpc) is 2.70. The molecule has 0 heterocycles. The van der Waals surface area contributed by atoms with Crippen molar-refractivity contribution >= 4 is 5.91 Å². The number of hydrogen-bond donors (Lipinski definition) is 1. The van der Waals surface area contributed by atoms with Gasteiger partial charge in [-0.05, 0) is 42.7 Å². The third kappa shape index (κ3) is 6.85. The Morgan fingerprint density at radius 2 is 1.78 bits per heavy atom. The molecule has 1 unspecified atom stereocenters. The zero-order valence-electron chi connectivity index (χ0n) is 16.4. The Morgan fingerprint density at radius 3 is 2.44 bits per heavy atom. The zero-order chi connectivity index (χ0) is 19.5. The van der Waals surface area contributed by atoms with Gasteiger partial charge >= 0.3 is 0 Å². The topological polar surface area (TPSA) is 56.8 Å². The van der Waals surface area contributed by atoms with E-state index >= 15 is 0 Å². The Labute approximate surface area is 161 Å². The maximum absolute atomic E-state index is 12.3. The first-order chi connectivity index (χ1) is 13.2. The van der Waals surface area contributed by atoms with E-state index in [4.69, 9.17) is 14.2 Å². The normalized spacial score (nSPS) is 11.5. The zero-order valence-corrected chi connectivity index (χ0v) is 16.4. The summed E-state index contributed by atoms with van der Waals surface area (Å²) in [5.74, 6) is 1.96. The third-order valence-electron chi connectivity index (χ3n) is 4.11. The summed E-state index contributed by atoms with van der Waals surface area (Å²) in [6, 6.07) is 15.3. The van der Waals surface area contributed by atoms with Crippen LogP contribution in [-0.2, 0) is 11.2 Å². The van der Waals surface area contributed by atoms with Crippen molar-refractivity contribution in [1.29, 1.82) is 0 Å². The van der Waals surface area contributed by atoms with Crippen LogP contribution < -0.4 is 19.5 Å². The van der Waals surface area contributed by atoms with Crippen molar-refractivity contribution in [2.24, 2.45) is 0 Å². The Balaban J connectivity index is 1.75. The number of hydrogen-bond acceptors (Lipinski definition) is 4. The SMILES string of the molecule is CCCc1ccc(OCCNC(=O)C(CC)Oc2cccc(OC)c2)cc1. The predicted octanol–water partition coefficient (Wildman–Crippen LogP) is 4.00. The van der Waals surface area contributed by atoms with Crippen molar-refractivity contribution in [1.82, 2.24) is 5.32 Å². The van der Waals surface area contributed by atoms with Crippen LogP contribution in [0.25, 0.3) is 0 Å². The summed E-state index contributed by atoms with van der Waals surface area (Å²) in [7, 11) is 1.60. The highest BCUT2D eigenvalue weighted by molar-refractivity contribution is 5.81. The van der Waals surface area contributed by atoms with Crippen LogP contribution in [0.15, 0.2) is 48.5 Å². The number of benzene rings is 2. The second-order valence-corrected chi connectivity index (χ2v) is 6.23. The number of amides is 1. The van der Waals surface area contributed by atoms with Crippen molar-refractivity contribution in [3.8, 4) is 17.2 Å². The summed E-state index contributed by atoms with van der Waals surface area (Å²) < 4.78 is 16.6. The average molecular weight is 371 g/mol. The number of rotatable bonds is 11. The van der Waals surface area contributed by atoms with Gasteiger partial charge in [-0.25, -0.2) is 0 Å². The summed E-state index contributed by atoms with van der Waals surface area (Å²) >= 11 is 0. The van der Waals surface area contributed by atoms with E-state index < -0.39 is 6.10 Å². The summed E-state index contributed by atoms with van der Waals surface area (Å²) in [6.07, 6.45) is 2.22. The van der Waals surface area contributed by atoms with Crippen LogP contribution >= 0.6 is 0 Å². The van der Waals surface area contributed by atoms with E-state index in [2.05, 4.69) is 24.4 Å². The van der Waals surface area contributed by atoms with Crippen LogP contribution in [0.4, 0.5) is 0 Å². The highest BCUT2D eigenvalue weighted by atomic mass is 16.5. The van der Waals surface area contributed by atoms with Crippen LogP contribution in [0.2, 0.25) is 0 Å². The number of nitrogens with one attached hydrogen (secondary N) is 1. The van der Waals surface area contributed by atoms with Crippen molar-refractivity contribution in [2.75, 3.05) is 20.3 Å². The smallest absolute Gasteiger partial charge is 0.261 e. The standard InChI is InChI=1S/C22H29NO4/c1-4-7-17-10-12-18(13-11-17)26-15-14-23-22(24)21(5-2)27-20-9-6-8-19(16-20)25-3/h6,8-13,16,21H,4-5,7,14-15H2,1-3H3,(H,23,24). The molecule has 2 aromatic carbocycles. The largest absolute Gasteiger partial charge is 0.497 e. The van der Waals surface area contributed by atoms with Gasteiger partial charge in [-0.1, -0.05) is 38.5 Å². The minimum atomic E-state index is -0.551. The third-order valence-corrected chi connectivity index (χ3v) is 4.11. The molecule has 27 heavy (non-hydrogen) atoms. The minimum absolute atomic E-state index is 0.151. The lowest BCUT2D eigenvalue weighted by Crippen LogP contribution is -2.39. The molecule has 1 atom stereocenters. The van der Waals surface area contributed by atoms with E-state index in [1.165, 1.54) is 5.56 Å². The van der Waals surface area contributed by atoms with E-state index in [1.807, 2.05) is 37.3 Å². The fourth-order valence-corrected chi connectivity index (χ4v) is 2.66. The maximum atomic E-state index is 12.3. The molecule has 2 aromatic rings. The molecule has 146 valence electrons. The second kappa shape index (κ2) is 11.1. The highest BCUT2D eigenvalue weighted by Gasteiger charge is 2.18. The lowest BCUT2D eigenvalue weighted by atomic mass is 10.1. The molecule has 0 aromatic heterocycles. The molecule has 0 aliphatic carbocycles. The molecular weight excluding hydrogens is 342 g/mol. The first kappa shape index (κ1) is 20.6. The van der Waals surface area contributed by atoms with Crippen LogP contribution in [0, 0.1) is 0 Å². The Hall–Kier alpha value is -2.69. The Bertz CT molecular complexity index is 700. The monoisotopic (exact) mass is 371 g/mol. The highest BCUT2D eigenvalue weighted by Crippen LogP contribution is 2.20. The van der Waals surface area contributed by atoms with Crippen molar-refractivity contribution < 1.29 is 19.0 Å². The van der Waals surface area contributed by atoms with Gasteiger partial charge in [0.25, 0.3) is 5.91 Å². The molecule has 2 rings (SSSR count). The summed E-state index contributed by atoms with van der Waals surface area (Å²) in [4.78, 5) is 12.3. The van der Waals surface area contributed by atoms with Gasteiger partial charge in [0.2, 0.25) is 0 Å². The van der Waals surface area contributed by atoms with Gasteiger partial charge in [0, 0.05) is 6.07 Å². The van der Waals surface area contributed by atoms with Gasteiger partial charge in [0.05, 0.1) is 13.7 Å². The molecule has 0 spiro atoms. The molecule has 0 radical (unpaired) electrons. The fraction of sp³-hybridized carbons (Fsp3) is 0.409. The van der Waals surface area contributed by atoms with E-state index in [-0.39, 0.29) is 5.91 Å². The summed E-state index contributed by atoms with van der Waals surface area (Å²) in [6.45, 7) is 4.91. The molecule has 5 heteroatoms. The molecule has 0 bridgehead atoms. The number of methoxy groups -OCH3 is 1. The molecule has 0 aliphatic heterocycles. The lowest BCUT2D eigenvalue weighted by Gasteiger charge is -2.18. The first-order valence-electron chi connectivity index (χ1n) is 9.46. The van der Waals surface area contributed by atoms with E-state index in [0.29, 0.717) is 31.1 Å². The Kier molecular flexibility index (Phi) is 8.49. The molecular formula is C22H29NO4. The van der Waals surface area contributed by atoms with Crippen LogP contribution in [0.1, 0.15) is 32.3 Å². The van der Waals surface area contributed by atoms with Crippen LogP contribution in [-0.4, -0.2) is 32.3 Å². The van der Waals surface area contributed by atoms with Gasteiger partial charge in [0.15, 0.2) is 6.10 Å². The number of aryl methyl sites for hydroxylation is 1. The van der Waals surface area contributed by atoms with Crippen molar-refractivity contribution in [3.63, 3.8) is 0 Å². The molecule has 1 N–H and O–H groups in total. The van der Waals surface area contributed by atoms with Gasteiger partial charge in [-0.15, -0.1) is 0 Å². The van der Waals surface area contributed by atoms with Crippen LogP contribution in [0.5, 0.6) is 17.2 Å². The predicted molar refractivity (Wildman–Crippen MR) is 107 cm³/mol. The number of ether oxygens (including phenoxy) is 3. The van der Waals surface area contributed by atoms with E-state index in [1.54, 1.807) is 13.2 Å². The van der Waals surface area contributed by atoms with E-state index in [0.717, 1.165) is 18.6 Å². The van der Waals surface area contributed by atoms with Gasteiger partial charge in [-0.2, -0.15) is 0 Å². The lowest BCUT2D eigenvalue weighted by molar-refractivity contribution is -0.128.